The van der Waals surface area contributed by atoms with Crippen LogP contribution in [0.25, 0.3) is 0 Å². The lowest BCUT2D eigenvalue weighted by molar-refractivity contribution is -0.373. The zero-order valence-corrected chi connectivity index (χ0v) is 26.3. The van der Waals surface area contributed by atoms with E-state index in [4.69, 9.17) is 27.5 Å². The second-order valence-electron chi connectivity index (χ2n) is 12.7. The number of carbonyl (C=O) groups excluding carboxylic acids is 1. The Balaban J connectivity index is 1.40. The van der Waals surface area contributed by atoms with Crippen molar-refractivity contribution in [1.82, 2.24) is 0 Å². The first-order valence-electron chi connectivity index (χ1n) is 14.4. The number of halogens is 6. The summed E-state index contributed by atoms with van der Waals surface area (Å²) in [6.45, 7) is 1.60. The van der Waals surface area contributed by atoms with Crippen LogP contribution in [0, 0.1) is 35.5 Å². The Bertz CT molecular complexity index is 952. The molecule has 4 aliphatic rings. The number of esters is 1. The van der Waals surface area contributed by atoms with Gasteiger partial charge in [0.1, 0.15) is 6.61 Å². The zero-order chi connectivity index (χ0) is 31.3. The van der Waals surface area contributed by atoms with Crippen LogP contribution in [0.2, 0.25) is 17.6 Å². The van der Waals surface area contributed by atoms with Crippen molar-refractivity contribution in [2.45, 2.75) is 80.5 Å². The highest BCUT2D eigenvalue weighted by Crippen LogP contribution is 2.62. The Kier molecular flexibility index (Phi) is 9.92. The van der Waals surface area contributed by atoms with Crippen molar-refractivity contribution in [3.8, 4) is 0 Å². The molecule has 0 aromatic heterocycles. The van der Waals surface area contributed by atoms with Gasteiger partial charge in [0.2, 0.25) is 0 Å². The fourth-order valence-electron chi connectivity index (χ4n) is 8.59. The van der Waals surface area contributed by atoms with Gasteiger partial charge in [0.05, 0.1) is 18.8 Å². The van der Waals surface area contributed by atoms with E-state index in [1.807, 2.05) is 6.55 Å². The minimum absolute atomic E-state index is 0.0334. The molecule has 16 heteroatoms. The average Bonchev–Trinajstić information content (AvgIpc) is 3.72. The van der Waals surface area contributed by atoms with Gasteiger partial charge in [0.15, 0.2) is 0 Å². The first-order chi connectivity index (χ1) is 19.5. The highest BCUT2D eigenvalue weighted by molar-refractivity contribution is 6.72. The molecule has 0 saturated heterocycles. The van der Waals surface area contributed by atoms with E-state index in [0.717, 1.165) is 6.42 Å². The number of aliphatic hydroxyl groups is 2. The van der Waals surface area contributed by atoms with Crippen LogP contribution >= 0.6 is 0 Å². The van der Waals surface area contributed by atoms with E-state index in [2.05, 4.69) is 0 Å². The average molecular weight is 653 g/mol. The molecule has 0 radical (unpaired) electrons. The molecule has 0 spiro atoms. The van der Waals surface area contributed by atoms with Crippen LogP contribution in [0.5, 0.6) is 0 Å². The molecule has 8 nitrogen and oxygen atoms in total. The van der Waals surface area contributed by atoms with Crippen molar-refractivity contribution >= 4 is 23.1 Å². The summed E-state index contributed by atoms with van der Waals surface area (Å²) in [6, 6.07) is 0. The molecule has 4 fully saturated rings. The first kappa shape index (κ1) is 34.1. The molecule has 2 N–H and O–H groups in total. The fourth-order valence-corrected chi connectivity index (χ4v) is 15.9. The van der Waals surface area contributed by atoms with E-state index in [1.54, 1.807) is 14.2 Å². The summed E-state index contributed by atoms with van der Waals surface area (Å²) < 4.78 is 110. The van der Waals surface area contributed by atoms with Crippen molar-refractivity contribution < 1.29 is 63.8 Å². The molecular formula is C26H42F6O8Si2. The Hall–Kier alpha value is -0.756. The molecule has 0 aromatic carbocycles. The van der Waals surface area contributed by atoms with Crippen LogP contribution in [0.3, 0.4) is 0 Å². The second-order valence-corrected chi connectivity index (χ2v) is 19.7. The molecule has 0 heterocycles. The maximum Gasteiger partial charge on any atom is 0.426 e. The van der Waals surface area contributed by atoms with Crippen molar-refractivity contribution in [3.05, 3.63) is 0 Å². The number of aliphatic hydroxyl groups excluding tert-OH is 1. The van der Waals surface area contributed by atoms with Gasteiger partial charge in [-0.25, -0.2) is 0 Å². The van der Waals surface area contributed by atoms with E-state index < -0.39 is 53.3 Å². The van der Waals surface area contributed by atoms with Crippen molar-refractivity contribution in [1.29, 1.82) is 0 Å². The van der Waals surface area contributed by atoms with Crippen LogP contribution < -0.4 is 0 Å². The summed E-state index contributed by atoms with van der Waals surface area (Å²) in [5.74, 6) is -1.72. The van der Waals surface area contributed by atoms with E-state index in [9.17, 15) is 36.2 Å². The summed E-state index contributed by atoms with van der Waals surface area (Å²) in [5, 5.41) is 18.7. The van der Waals surface area contributed by atoms with Crippen LogP contribution in [-0.4, -0.2) is 92.0 Å². The van der Waals surface area contributed by atoms with E-state index in [-0.39, 0.29) is 66.6 Å². The summed E-state index contributed by atoms with van der Waals surface area (Å²) in [4.78, 5) is 12.4. The second kappa shape index (κ2) is 12.2. The van der Waals surface area contributed by atoms with Gasteiger partial charge < -0.3 is 32.7 Å². The van der Waals surface area contributed by atoms with E-state index in [1.165, 1.54) is 7.11 Å². The van der Waals surface area contributed by atoms with Gasteiger partial charge in [-0.3, -0.25) is 4.79 Å². The summed E-state index contributed by atoms with van der Waals surface area (Å²) >= 11 is 0. The third kappa shape index (κ3) is 5.95. The third-order valence-electron chi connectivity index (χ3n) is 10.9. The number of alkyl halides is 6. The lowest BCUT2D eigenvalue weighted by Crippen LogP contribution is -2.58. The Morgan fingerprint density at radius 2 is 1.38 bits per heavy atom. The number of carbonyl (C=O) groups is 1. The van der Waals surface area contributed by atoms with Gasteiger partial charge in [0, 0.05) is 32.4 Å². The van der Waals surface area contributed by atoms with Crippen LogP contribution in [0.1, 0.15) is 44.9 Å². The quantitative estimate of drug-likeness (QED) is 0.169. The van der Waals surface area contributed by atoms with E-state index >= 15 is 0 Å². The molecule has 9 atom stereocenters. The summed E-state index contributed by atoms with van der Waals surface area (Å²) in [5.41, 5.74) is -4.82. The van der Waals surface area contributed by atoms with Gasteiger partial charge in [0.25, 0.3) is 5.60 Å². The van der Waals surface area contributed by atoms with Gasteiger partial charge in [-0.1, -0.05) is 0 Å². The number of rotatable bonds is 13. The first-order valence-corrected chi connectivity index (χ1v) is 18.9. The summed E-state index contributed by atoms with van der Waals surface area (Å²) in [6.07, 6.45) is -9.73. The zero-order valence-electron chi connectivity index (χ0n) is 24.3. The maximum atomic E-state index is 13.3. The van der Waals surface area contributed by atoms with Gasteiger partial charge in [-0.15, -0.1) is 0 Å². The smallest absolute Gasteiger partial charge is 0.426 e. The van der Waals surface area contributed by atoms with E-state index in [0.29, 0.717) is 25.7 Å². The molecular weight excluding hydrogens is 610 g/mol. The normalized spacial score (nSPS) is 34.7. The number of hydrogen-bond acceptors (Lipinski definition) is 8. The highest BCUT2D eigenvalue weighted by atomic mass is 28.4. The number of ether oxygens (including phenoxy) is 1. The van der Waals surface area contributed by atoms with Crippen molar-refractivity contribution in [2.75, 3.05) is 40.8 Å². The van der Waals surface area contributed by atoms with Crippen LogP contribution in [-0.2, 0) is 27.2 Å². The standard InChI is InChI=1S/C26H42F6O8Si2/c1-36-41(4,21-11-15-7-17(21)9-19(15)13-24(35,25(27,28)29)26(30,31)32)40-14-42(37-2,38-3)22-12-16-8-18(22)10-20(16)23(34)39-6-5-33/h15-22,33,35H,5-14H2,1-4H3. The van der Waals surface area contributed by atoms with Gasteiger partial charge >= 0.3 is 35.4 Å². The van der Waals surface area contributed by atoms with Crippen molar-refractivity contribution in [3.63, 3.8) is 0 Å². The van der Waals surface area contributed by atoms with Gasteiger partial charge in [-0.05, 0) is 81.1 Å². The number of fused-ring (bicyclic) bond motifs is 4. The largest absolute Gasteiger partial charge is 0.463 e. The molecule has 9 unspecified atom stereocenters. The molecule has 42 heavy (non-hydrogen) atoms. The molecule has 4 saturated carbocycles. The molecule has 0 aromatic rings. The maximum absolute atomic E-state index is 13.3. The van der Waals surface area contributed by atoms with Crippen molar-refractivity contribution in [2.24, 2.45) is 35.5 Å². The molecule has 0 aliphatic heterocycles. The molecule has 0 amide bonds. The Morgan fingerprint density at radius 3 is 1.83 bits per heavy atom. The molecule has 244 valence electrons. The fraction of sp³-hybridized carbons (Fsp3) is 0.962. The molecule has 4 bridgehead atoms. The number of hydrogen-bond donors (Lipinski definition) is 2. The van der Waals surface area contributed by atoms with Gasteiger partial charge in [-0.2, -0.15) is 26.3 Å². The van der Waals surface area contributed by atoms with Crippen LogP contribution in [0.15, 0.2) is 0 Å². The molecule has 4 aliphatic carbocycles. The third-order valence-corrected chi connectivity index (χ3v) is 18.5. The predicted molar refractivity (Wildman–Crippen MR) is 140 cm³/mol. The monoisotopic (exact) mass is 652 g/mol. The van der Waals surface area contributed by atoms with Crippen LogP contribution in [0.4, 0.5) is 26.3 Å². The SMILES string of the molecule is CO[Si](C)(OC[Si](OC)(OC)C1CC2CC1CC2C(=O)OCCO)C1CC2CC1CC2CC(O)(C(F)(F)F)C(F)(F)F. The Labute approximate surface area is 243 Å². The topological polar surface area (TPSA) is 104 Å². The Morgan fingerprint density at radius 1 is 0.810 bits per heavy atom. The highest BCUT2D eigenvalue weighted by Gasteiger charge is 2.72. The lowest BCUT2D eigenvalue weighted by Gasteiger charge is -2.43. The summed E-state index contributed by atoms with van der Waals surface area (Å²) in [7, 11) is -1.30. The molecule has 4 rings (SSSR count). The lowest BCUT2D eigenvalue weighted by atomic mass is 9.79. The minimum atomic E-state index is -5.82. The predicted octanol–water partition coefficient (Wildman–Crippen LogP) is 4.61. The minimum Gasteiger partial charge on any atom is -0.463 e.